The average Bonchev–Trinajstić information content (AvgIpc) is 2.39. The molecule has 1 heteroatoms. The first kappa shape index (κ1) is 19.4. The highest BCUT2D eigenvalue weighted by molar-refractivity contribution is 7.95. The van der Waals surface area contributed by atoms with Crippen LogP contribution < -0.4 is 0 Å². The molecule has 0 rings (SSSR count). The molecule has 0 heterocycles. The fraction of sp³-hybridized carbons (Fsp3) is 1.00. The minimum absolute atomic E-state index is 0.668. The second kappa shape index (κ2) is 16.4. The SMILES string of the molecule is CCCCCCCCCCCCCCCC[S+](C)C. The number of hydrogen-bond acceptors (Lipinski definition) is 0. The fourth-order valence-corrected chi connectivity index (χ4v) is 3.37. The van der Waals surface area contributed by atoms with Crippen molar-refractivity contribution in [2.75, 3.05) is 18.3 Å². The number of rotatable bonds is 15. The van der Waals surface area contributed by atoms with Gasteiger partial charge in [0.1, 0.15) is 5.75 Å². The Morgan fingerprint density at radius 1 is 0.474 bits per heavy atom. The highest BCUT2D eigenvalue weighted by atomic mass is 32.2. The van der Waals surface area contributed by atoms with Gasteiger partial charge in [0.25, 0.3) is 0 Å². The number of unbranched alkanes of at least 4 members (excludes halogenated alkanes) is 13. The minimum Gasteiger partial charge on any atom is -0.0654 e. The van der Waals surface area contributed by atoms with Crippen LogP contribution in [0.3, 0.4) is 0 Å². The Kier molecular flexibility index (Phi) is 16.7. The zero-order valence-electron chi connectivity index (χ0n) is 14.0. The first-order valence-corrected chi connectivity index (χ1v) is 11.0. The highest BCUT2D eigenvalue weighted by Gasteiger charge is 2.00. The predicted octanol–water partition coefficient (Wildman–Crippen LogP) is 6.35. The molecular weight excluding hydrogens is 248 g/mol. The lowest BCUT2D eigenvalue weighted by Crippen LogP contribution is -2.00. The van der Waals surface area contributed by atoms with Crippen LogP contribution in [0.15, 0.2) is 0 Å². The quantitative estimate of drug-likeness (QED) is 0.243. The van der Waals surface area contributed by atoms with Gasteiger partial charge in [-0.1, -0.05) is 84.0 Å². The second-order valence-electron chi connectivity index (χ2n) is 6.29. The molecule has 0 atom stereocenters. The third kappa shape index (κ3) is 18.4. The molecular formula is C18H39S+. The van der Waals surface area contributed by atoms with E-state index in [2.05, 4.69) is 19.4 Å². The molecule has 0 N–H and O–H groups in total. The van der Waals surface area contributed by atoms with Crippen molar-refractivity contribution < 1.29 is 0 Å². The molecule has 0 aliphatic rings. The summed E-state index contributed by atoms with van der Waals surface area (Å²) in [6.07, 6.45) is 25.3. The zero-order valence-corrected chi connectivity index (χ0v) is 14.8. The van der Waals surface area contributed by atoms with Crippen molar-refractivity contribution in [2.45, 2.75) is 96.8 Å². The van der Waals surface area contributed by atoms with Gasteiger partial charge in [0.15, 0.2) is 0 Å². The van der Waals surface area contributed by atoms with Crippen LogP contribution >= 0.6 is 0 Å². The topological polar surface area (TPSA) is 0 Å². The van der Waals surface area contributed by atoms with Gasteiger partial charge < -0.3 is 0 Å². The average molecular weight is 288 g/mol. The smallest absolute Gasteiger partial charge is 0.0654 e. The maximum absolute atomic E-state index is 2.36. The molecule has 0 nitrogen and oxygen atoms in total. The minimum atomic E-state index is 0.668. The Hall–Kier alpha value is 0.350. The van der Waals surface area contributed by atoms with Gasteiger partial charge >= 0.3 is 0 Å². The molecule has 0 amide bonds. The Morgan fingerprint density at radius 3 is 1.11 bits per heavy atom. The second-order valence-corrected chi connectivity index (χ2v) is 8.67. The lowest BCUT2D eigenvalue weighted by Gasteiger charge is -2.03. The summed E-state index contributed by atoms with van der Waals surface area (Å²) in [5.74, 6) is 1.46. The van der Waals surface area contributed by atoms with Crippen LogP contribution in [-0.4, -0.2) is 18.3 Å². The van der Waals surface area contributed by atoms with Crippen LogP contribution in [0, 0.1) is 0 Å². The molecule has 0 radical (unpaired) electrons. The van der Waals surface area contributed by atoms with Gasteiger partial charge in [-0.05, 0) is 23.7 Å². The normalized spacial score (nSPS) is 11.4. The van der Waals surface area contributed by atoms with Gasteiger partial charge in [-0.3, -0.25) is 0 Å². The van der Waals surface area contributed by atoms with Crippen molar-refractivity contribution >= 4 is 10.9 Å². The largest absolute Gasteiger partial charge is 0.107 e. The standard InChI is InChI=1S/C18H39S/c1-4-5-6-7-8-9-10-11-12-13-14-15-16-17-18-19(2)3/h4-18H2,1-3H3/q+1. The molecule has 0 aromatic heterocycles. The van der Waals surface area contributed by atoms with E-state index in [1.165, 1.54) is 95.6 Å². The molecule has 0 aliphatic carbocycles. The first-order valence-electron chi connectivity index (χ1n) is 8.81. The van der Waals surface area contributed by atoms with Gasteiger partial charge in [-0.2, -0.15) is 0 Å². The summed E-state index contributed by atoms with van der Waals surface area (Å²) in [6, 6.07) is 0. The van der Waals surface area contributed by atoms with Crippen LogP contribution in [0.1, 0.15) is 96.8 Å². The number of hydrogen-bond donors (Lipinski definition) is 0. The Morgan fingerprint density at radius 2 is 0.789 bits per heavy atom. The van der Waals surface area contributed by atoms with Gasteiger partial charge in [-0.25, -0.2) is 0 Å². The lowest BCUT2D eigenvalue weighted by molar-refractivity contribution is 0.538. The van der Waals surface area contributed by atoms with Crippen molar-refractivity contribution in [3.63, 3.8) is 0 Å². The van der Waals surface area contributed by atoms with E-state index in [-0.39, 0.29) is 0 Å². The van der Waals surface area contributed by atoms with Crippen LogP contribution in [-0.2, 0) is 10.9 Å². The third-order valence-electron chi connectivity index (χ3n) is 3.91. The van der Waals surface area contributed by atoms with Gasteiger partial charge in [0.05, 0.1) is 12.5 Å². The summed E-state index contributed by atoms with van der Waals surface area (Å²) in [6.45, 7) is 2.29. The van der Waals surface area contributed by atoms with E-state index in [1.807, 2.05) is 0 Å². The molecule has 0 aromatic carbocycles. The van der Waals surface area contributed by atoms with Crippen molar-refractivity contribution in [3.8, 4) is 0 Å². The monoisotopic (exact) mass is 287 g/mol. The fourth-order valence-electron chi connectivity index (χ4n) is 2.59. The Labute approximate surface area is 126 Å². The lowest BCUT2D eigenvalue weighted by atomic mass is 10.0. The first-order chi connectivity index (χ1) is 9.27. The molecule has 0 spiro atoms. The molecule has 0 bridgehead atoms. The van der Waals surface area contributed by atoms with Crippen molar-refractivity contribution in [2.24, 2.45) is 0 Å². The van der Waals surface area contributed by atoms with Crippen LogP contribution in [0.4, 0.5) is 0 Å². The van der Waals surface area contributed by atoms with E-state index in [1.54, 1.807) is 0 Å². The van der Waals surface area contributed by atoms with E-state index < -0.39 is 0 Å². The van der Waals surface area contributed by atoms with Crippen LogP contribution in [0.2, 0.25) is 0 Å². The van der Waals surface area contributed by atoms with Crippen molar-refractivity contribution in [1.82, 2.24) is 0 Å². The zero-order chi connectivity index (χ0) is 14.2. The molecule has 19 heavy (non-hydrogen) atoms. The van der Waals surface area contributed by atoms with E-state index in [0.717, 1.165) is 0 Å². The molecule has 116 valence electrons. The summed E-state index contributed by atoms with van der Waals surface area (Å²) in [4.78, 5) is 0. The third-order valence-corrected chi connectivity index (χ3v) is 5.01. The predicted molar refractivity (Wildman–Crippen MR) is 94.4 cm³/mol. The molecule has 0 unspecified atom stereocenters. The van der Waals surface area contributed by atoms with Crippen LogP contribution in [0.5, 0.6) is 0 Å². The maximum Gasteiger partial charge on any atom is 0.107 e. The van der Waals surface area contributed by atoms with E-state index in [4.69, 9.17) is 0 Å². The van der Waals surface area contributed by atoms with Crippen molar-refractivity contribution in [3.05, 3.63) is 0 Å². The van der Waals surface area contributed by atoms with E-state index in [0.29, 0.717) is 10.9 Å². The summed E-state index contributed by atoms with van der Waals surface area (Å²) < 4.78 is 0. The molecule has 0 saturated heterocycles. The van der Waals surface area contributed by atoms with Crippen LogP contribution in [0.25, 0.3) is 0 Å². The summed E-state index contributed by atoms with van der Waals surface area (Å²) in [5.41, 5.74) is 0. The van der Waals surface area contributed by atoms with Gasteiger partial charge in [-0.15, -0.1) is 0 Å². The van der Waals surface area contributed by atoms with Crippen molar-refractivity contribution in [1.29, 1.82) is 0 Å². The highest BCUT2D eigenvalue weighted by Crippen LogP contribution is 2.13. The Balaban J connectivity index is 2.91. The summed E-state index contributed by atoms with van der Waals surface area (Å²) >= 11 is 0. The van der Waals surface area contributed by atoms with E-state index >= 15 is 0 Å². The Bertz CT molecular complexity index is 154. The summed E-state index contributed by atoms with van der Waals surface area (Å²) in [7, 11) is 0.668. The molecule has 0 aromatic rings. The maximum atomic E-state index is 2.36. The van der Waals surface area contributed by atoms with E-state index in [9.17, 15) is 0 Å². The molecule has 0 aliphatic heterocycles. The summed E-state index contributed by atoms with van der Waals surface area (Å²) in [5, 5.41) is 0. The van der Waals surface area contributed by atoms with Gasteiger partial charge in [0, 0.05) is 0 Å². The molecule has 0 fully saturated rings. The van der Waals surface area contributed by atoms with Gasteiger partial charge in [0.2, 0.25) is 0 Å². The molecule has 0 saturated carbocycles.